The molecule has 2 N–H and O–H groups in total. The first-order chi connectivity index (χ1) is 16.4. The van der Waals surface area contributed by atoms with Gasteiger partial charge in [-0.2, -0.15) is 0 Å². The van der Waals surface area contributed by atoms with Gasteiger partial charge in [-0.05, 0) is 54.4 Å². The number of nitrogens with one attached hydrogen (secondary N) is 1. The molecule has 0 spiro atoms. The van der Waals surface area contributed by atoms with Gasteiger partial charge < -0.3 is 20.1 Å². The fourth-order valence-corrected chi connectivity index (χ4v) is 5.35. The summed E-state index contributed by atoms with van der Waals surface area (Å²) in [7, 11) is 1.56. The van der Waals surface area contributed by atoms with Gasteiger partial charge in [0.1, 0.15) is 12.6 Å². The molecule has 1 fully saturated rings. The third kappa shape index (κ3) is 4.79. The van der Waals surface area contributed by atoms with Gasteiger partial charge in [0.05, 0.1) is 0 Å². The van der Waals surface area contributed by atoms with E-state index in [0.717, 1.165) is 0 Å². The maximum absolute atomic E-state index is 12.7. The van der Waals surface area contributed by atoms with Crippen LogP contribution in [0, 0.1) is 5.92 Å². The van der Waals surface area contributed by atoms with Gasteiger partial charge in [0.25, 0.3) is 0 Å². The molecule has 180 valence electrons. The van der Waals surface area contributed by atoms with Crippen LogP contribution >= 0.6 is 0 Å². The normalized spacial score (nSPS) is 20.1. The molecule has 0 bridgehead atoms. The smallest absolute Gasteiger partial charge is 0.407 e. The van der Waals surface area contributed by atoms with Gasteiger partial charge in [0.15, 0.2) is 0 Å². The Morgan fingerprint density at radius 1 is 1.00 bits per heavy atom. The lowest BCUT2D eigenvalue weighted by Gasteiger charge is -2.32. The van der Waals surface area contributed by atoms with Crippen molar-refractivity contribution in [1.82, 2.24) is 10.2 Å². The minimum atomic E-state index is -0.982. The molecule has 2 aliphatic carbocycles. The lowest BCUT2D eigenvalue weighted by Crippen LogP contribution is -2.46. The topological polar surface area (TPSA) is 95.9 Å². The molecule has 2 aliphatic rings. The zero-order valence-electron chi connectivity index (χ0n) is 19.7. The first-order valence-corrected chi connectivity index (χ1v) is 12.0. The highest BCUT2D eigenvalue weighted by Gasteiger charge is 2.34. The van der Waals surface area contributed by atoms with E-state index in [2.05, 4.69) is 29.6 Å². The zero-order chi connectivity index (χ0) is 24.2. The summed E-state index contributed by atoms with van der Waals surface area (Å²) in [6.45, 7) is 2.03. The van der Waals surface area contributed by atoms with Crippen molar-refractivity contribution in [3.8, 4) is 11.1 Å². The molecule has 0 saturated heterocycles. The van der Waals surface area contributed by atoms with Crippen LogP contribution in [-0.2, 0) is 14.3 Å². The molecule has 1 saturated carbocycles. The first-order valence-electron chi connectivity index (χ1n) is 12.0. The second kappa shape index (κ2) is 10.3. The summed E-state index contributed by atoms with van der Waals surface area (Å²) in [5.74, 6) is -1.31. The minimum absolute atomic E-state index is 0.0165. The molecule has 0 radical (unpaired) electrons. The number of rotatable bonds is 7. The molecule has 7 heteroatoms. The van der Waals surface area contributed by atoms with Crippen molar-refractivity contribution in [2.75, 3.05) is 13.7 Å². The highest BCUT2D eigenvalue weighted by atomic mass is 16.5. The van der Waals surface area contributed by atoms with Gasteiger partial charge in [-0.25, -0.2) is 9.59 Å². The lowest BCUT2D eigenvalue weighted by molar-refractivity contribution is -0.151. The molecular weight excluding hydrogens is 432 g/mol. The van der Waals surface area contributed by atoms with Crippen molar-refractivity contribution in [2.24, 2.45) is 5.92 Å². The second-order valence-electron chi connectivity index (χ2n) is 9.23. The standard InChI is InChI=1S/C27H32N2O5/c1-3-24(26(31)32)29(2)25(30)17-12-14-18(15-13-17)28-27(33)34-16-23-21-10-6-4-8-19(21)20-9-5-7-11-22(20)23/h4-11,17-18,23-24H,3,12-16H2,1-2H3,(H,28,33)(H,31,32). The number of nitrogens with zero attached hydrogens (tertiary/aromatic N) is 1. The van der Waals surface area contributed by atoms with Gasteiger partial charge in [0.2, 0.25) is 5.91 Å². The summed E-state index contributed by atoms with van der Waals surface area (Å²) in [6.07, 6.45) is 2.50. The number of ether oxygens (including phenoxy) is 1. The number of amides is 2. The van der Waals surface area contributed by atoms with Gasteiger partial charge >= 0.3 is 12.1 Å². The van der Waals surface area contributed by atoms with Gasteiger partial charge in [-0.3, -0.25) is 4.79 Å². The van der Waals surface area contributed by atoms with Crippen LogP contribution in [0.4, 0.5) is 4.79 Å². The maximum atomic E-state index is 12.7. The predicted molar refractivity (Wildman–Crippen MR) is 128 cm³/mol. The number of carbonyl (C=O) groups is 3. The number of carboxylic acid groups (broad SMARTS) is 1. The monoisotopic (exact) mass is 464 g/mol. The summed E-state index contributed by atoms with van der Waals surface area (Å²) in [5, 5.41) is 12.3. The van der Waals surface area contributed by atoms with Crippen LogP contribution in [0.25, 0.3) is 11.1 Å². The SMILES string of the molecule is CCC(C(=O)O)N(C)C(=O)C1CCC(NC(=O)OCC2c3ccccc3-c3ccccc32)CC1. The number of hydrogen-bond donors (Lipinski definition) is 2. The van der Waals surface area contributed by atoms with E-state index in [4.69, 9.17) is 4.74 Å². The van der Waals surface area contributed by atoms with E-state index in [1.54, 1.807) is 14.0 Å². The Hall–Kier alpha value is -3.35. The van der Waals surface area contributed by atoms with Gasteiger partial charge in [-0.15, -0.1) is 0 Å². The van der Waals surface area contributed by atoms with Crippen LogP contribution < -0.4 is 5.32 Å². The second-order valence-corrected chi connectivity index (χ2v) is 9.23. The first kappa shape index (κ1) is 23.8. The summed E-state index contributed by atoms with van der Waals surface area (Å²) < 4.78 is 5.64. The molecule has 2 aromatic rings. The Labute approximate surface area is 200 Å². The Kier molecular flexibility index (Phi) is 7.20. The van der Waals surface area contributed by atoms with Crippen LogP contribution in [0.1, 0.15) is 56.1 Å². The van der Waals surface area contributed by atoms with Crippen molar-refractivity contribution in [2.45, 2.75) is 57.0 Å². The van der Waals surface area contributed by atoms with Crippen molar-refractivity contribution in [1.29, 1.82) is 0 Å². The highest BCUT2D eigenvalue weighted by Crippen LogP contribution is 2.44. The van der Waals surface area contributed by atoms with Crippen LogP contribution in [0.3, 0.4) is 0 Å². The number of fused-ring (bicyclic) bond motifs is 3. The third-order valence-electron chi connectivity index (χ3n) is 7.23. The molecule has 0 heterocycles. The summed E-state index contributed by atoms with van der Waals surface area (Å²) in [5.41, 5.74) is 4.72. The number of likely N-dealkylation sites (N-methyl/N-ethyl adjacent to an activating group) is 1. The molecule has 0 aliphatic heterocycles. The van der Waals surface area contributed by atoms with E-state index < -0.39 is 18.1 Å². The largest absolute Gasteiger partial charge is 0.480 e. The number of carbonyl (C=O) groups excluding carboxylic acids is 2. The fraction of sp³-hybridized carbons (Fsp3) is 0.444. The zero-order valence-corrected chi connectivity index (χ0v) is 19.7. The number of hydrogen-bond acceptors (Lipinski definition) is 4. The summed E-state index contributed by atoms with van der Waals surface area (Å²) >= 11 is 0. The van der Waals surface area contributed by atoms with Crippen LogP contribution in [0.2, 0.25) is 0 Å². The maximum Gasteiger partial charge on any atom is 0.407 e. The molecule has 34 heavy (non-hydrogen) atoms. The van der Waals surface area contributed by atoms with Crippen molar-refractivity contribution >= 4 is 18.0 Å². The van der Waals surface area contributed by atoms with Crippen molar-refractivity contribution in [3.05, 3.63) is 59.7 Å². The average Bonchev–Trinajstić information content (AvgIpc) is 3.16. The van der Waals surface area contributed by atoms with E-state index in [0.29, 0.717) is 32.1 Å². The van der Waals surface area contributed by atoms with Crippen LogP contribution in [0.5, 0.6) is 0 Å². The fourth-order valence-electron chi connectivity index (χ4n) is 5.35. The van der Waals surface area contributed by atoms with E-state index in [9.17, 15) is 19.5 Å². The average molecular weight is 465 g/mol. The molecule has 7 nitrogen and oxygen atoms in total. The minimum Gasteiger partial charge on any atom is -0.480 e. The molecular formula is C27H32N2O5. The third-order valence-corrected chi connectivity index (χ3v) is 7.23. The van der Waals surface area contributed by atoms with Crippen molar-refractivity contribution < 1.29 is 24.2 Å². The Morgan fingerprint density at radius 2 is 1.56 bits per heavy atom. The molecule has 2 aromatic carbocycles. The summed E-state index contributed by atoms with van der Waals surface area (Å²) in [4.78, 5) is 38.0. The summed E-state index contributed by atoms with van der Waals surface area (Å²) in [6, 6.07) is 15.6. The van der Waals surface area contributed by atoms with E-state index >= 15 is 0 Å². The van der Waals surface area contributed by atoms with Crippen LogP contribution in [0.15, 0.2) is 48.5 Å². The number of aliphatic carboxylic acids is 1. The number of carboxylic acids is 1. The van der Waals surface area contributed by atoms with E-state index in [-0.39, 0.29) is 30.4 Å². The molecule has 4 rings (SSSR count). The molecule has 1 unspecified atom stereocenters. The Morgan fingerprint density at radius 3 is 2.09 bits per heavy atom. The highest BCUT2D eigenvalue weighted by molar-refractivity contribution is 5.85. The molecule has 0 aromatic heterocycles. The molecule has 2 amide bonds. The van der Waals surface area contributed by atoms with Gasteiger partial charge in [0, 0.05) is 24.9 Å². The Bertz CT molecular complexity index is 1010. The number of alkyl carbamates (subject to hydrolysis) is 1. The quantitative estimate of drug-likeness (QED) is 0.633. The van der Waals surface area contributed by atoms with E-state index in [1.807, 2.05) is 24.3 Å². The van der Waals surface area contributed by atoms with Crippen molar-refractivity contribution in [3.63, 3.8) is 0 Å². The van der Waals surface area contributed by atoms with E-state index in [1.165, 1.54) is 27.2 Å². The van der Waals surface area contributed by atoms with Crippen LogP contribution in [-0.4, -0.2) is 53.7 Å². The van der Waals surface area contributed by atoms with Gasteiger partial charge in [-0.1, -0.05) is 55.5 Å². The number of benzene rings is 2. The Balaban J connectivity index is 1.28. The lowest BCUT2D eigenvalue weighted by atomic mass is 9.85. The molecule has 1 atom stereocenters. The predicted octanol–water partition coefficient (Wildman–Crippen LogP) is 4.41.